The van der Waals surface area contributed by atoms with Gasteiger partial charge in [-0.15, -0.1) is 0 Å². The molecule has 0 bridgehead atoms. The molecule has 1 aliphatic rings. The first-order valence-corrected chi connectivity index (χ1v) is 7.89. The number of aryl methyl sites for hydroxylation is 1. The first kappa shape index (κ1) is 16.0. The van der Waals surface area contributed by atoms with Crippen LogP contribution in [0.3, 0.4) is 0 Å². The molecule has 1 saturated heterocycles. The van der Waals surface area contributed by atoms with Crippen molar-refractivity contribution in [3.8, 4) is 0 Å². The minimum absolute atomic E-state index is 0.236. The summed E-state index contributed by atoms with van der Waals surface area (Å²) >= 11 is 0. The summed E-state index contributed by atoms with van der Waals surface area (Å²) in [6.45, 7) is 11.1. The maximum Gasteiger partial charge on any atom is 0.222 e. The van der Waals surface area contributed by atoms with Crippen LogP contribution in [0, 0.1) is 19.8 Å². The Bertz CT molecular complexity index is 501. The van der Waals surface area contributed by atoms with Crippen LogP contribution >= 0.6 is 0 Å². The van der Waals surface area contributed by atoms with E-state index in [9.17, 15) is 4.79 Å². The van der Waals surface area contributed by atoms with Crippen LogP contribution in [0.5, 0.6) is 0 Å². The van der Waals surface area contributed by atoms with Crippen molar-refractivity contribution < 1.29 is 4.79 Å². The maximum absolute atomic E-state index is 12.3. The van der Waals surface area contributed by atoms with Crippen molar-refractivity contribution in [2.24, 2.45) is 5.92 Å². The van der Waals surface area contributed by atoms with Crippen LogP contribution in [0.15, 0.2) is 0 Å². The molecule has 1 atom stereocenters. The molecule has 5 nitrogen and oxygen atoms in total. The summed E-state index contributed by atoms with van der Waals surface area (Å²) in [5.41, 5.74) is 3.39. The lowest BCUT2D eigenvalue weighted by Crippen LogP contribution is -2.29. The standard InChI is InChI=1S/C16H28N4O/c1-11(2)20-13(4)15(12(3)18-20)10-19(5)16(21)8-14-6-7-17-9-14/h11,14,17H,6-10H2,1-5H3. The van der Waals surface area contributed by atoms with Crippen molar-refractivity contribution in [3.05, 3.63) is 17.0 Å². The molecule has 1 unspecified atom stereocenters. The van der Waals surface area contributed by atoms with E-state index in [1.165, 1.54) is 11.3 Å². The fraction of sp³-hybridized carbons (Fsp3) is 0.750. The number of hydrogen-bond acceptors (Lipinski definition) is 3. The van der Waals surface area contributed by atoms with E-state index in [0.29, 0.717) is 24.9 Å². The third-order valence-electron chi connectivity index (χ3n) is 4.41. The number of carbonyl (C=O) groups excluding carboxylic acids is 1. The number of nitrogens with one attached hydrogen (secondary N) is 1. The Morgan fingerprint density at radius 3 is 2.71 bits per heavy atom. The Balaban J connectivity index is 2.01. The number of aromatic nitrogens is 2. The summed E-state index contributed by atoms with van der Waals surface area (Å²) in [4.78, 5) is 14.2. The molecule has 0 saturated carbocycles. The molecule has 2 heterocycles. The van der Waals surface area contributed by atoms with Gasteiger partial charge in [-0.05, 0) is 53.1 Å². The molecule has 5 heteroatoms. The molecule has 1 aromatic heterocycles. The van der Waals surface area contributed by atoms with Crippen molar-refractivity contribution in [3.63, 3.8) is 0 Å². The molecule has 2 rings (SSSR count). The number of nitrogens with zero attached hydrogens (tertiary/aromatic N) is 3. The summed E-state index contributed by atoms with van der Waals surface area (Å²) in [5.74, 6) is 0.736. The van der Waals surface area contributed by atoms with Gasteiger partial charge < -0.3 is 10.2 Å². The van der Waals surface area contributed by atoms with Crippen LogP contribution in [0.25, 0.3) is 0 Å². The topological polar surface area (TPSA) is 50.2 Å². The van der Waals surface area contributed by atoms with E-state index in [0.717, 1.165) is 25.2 Å². The lowest BCUT2D eigenvalue weighted by atomic mass is 10.0. The van der Waals surface area contributed by atoms with Crippen LogP contribution < -0.4 is 5.32 Å². The van der Waals surface area contributed by atoms with Crippen LogP contribution in [-0.2, 0) is 11.3 Å². The molecule has 118 valence electrons. The van der Waals surface area contributed by atoms with Crippen LogP contribution in [0.1, 0.15) is 49.7 Å². The Morgan fingerprint density at radius 1 is 1.48 bits per heavy atom. The second kappa shape index (κ2) is 6.60. The highest BCUT2D eigenvalue weighted by Gasteiger charge is 2.22. The van der Waals surface area contributed by atoms with Gasteiger partial charge in [0.25, 0.3) is 0 Å². The highest BCUT2D eigenvalue weighted by atomic mass is 16.2. The van der Waals surface area contributed by atoms with Crippen molar-refractivity contribution in [2.45, 2.75) is 53.1 Å². The molecule has 21 heavy (non-hydrogen) atoms. The monoisotopic (exact) mass is 292 g/mol. The van der Waals surface area contributed by atoms with Crippen molar-refractivity contribution in [2.75, 3.05) is 20.1 Å². The number of carbonyl (C=O) groups is 1. The average Bonchev–Trinajstić information content (AvgIpc) is 3.01. The summed E-state index contributed by atoms with van der Waals surface area (Å²) in [6.07, 6.45) is 1.77. The summed E-state index contributed by atoms with van der Waals surface area (Å²) in [6, 6.07) is 0.350. The average molecular weight is 292 g/mol. The van der Waals surface area contributed by atoms with Gasteiger partial charge in [0.2, 0.25) is 5.91 Å². The zero-order valence-corrected chi connectivity index (χ0v) is 13.9. The van der Waals surface area contributed by atoms with Gasteiger partial charge in [0.1, 0.15) is 0 Å². The molecule has 1 fully saturated rings. The van der Waals surface area contributed by atoms with E-state index in [4.69, 9.17) is 0 Å². The molecular formula is C16H28N4O. The molecular weight excluding hydrogens is 264 g/mol. The zero-order chi connectivity index (χ0) is 15.6. The second-order valence-electron chi connectivity index (χ2n) is 6.50. The first-order chi connectivity index (χ1) is 9.90. The van der Waals surface area contributed by atoms with E-state index in [1.807, 2.05) is 23.6 Å². The van der Waals surface area contributed by atoms with E-state index in [-0.39, 0.29) is 5.91 Å². The Kier molecular flexibility index (Phi) is 5.04. The fourth-order valence-corrected chi connectivity index (χ4v) is 3.05. The second-order valence-corrected chi connectivity index (χ2v) is 6.50. The first-order valence-electron chi connectivity index (χ1n) is 7.89. The summed E-state index contributed by atoms with van der Waals surface area (Å²) in [7, 11) is 1.90. The van der Waals surface area contributed by atoms with E-state index in [1.54, 1.807) is 0 Å². The highest BCUT2D eigenvalue weighted by molar-refractivity contribution is 5.76. The van der Waals surface area contributed by atoms with Crippen LogP contribution in [0.4, 0.5) is 0 Å². The lowest BCUT2D eigenvalue weighted by molar-refractivity contribution is -0.131. The zero-order valence-electron chi connectivity index (χ0n) is 13.9. The summed E-state index contributed by atoms with van der Waals surface area (Å²) in [5, 5.41) is 7.91. The molecule has 1 N–H and O–H groups in total. The molecule has 0 aromatic carbocycles. The number of amides is 1. The van der Waals surface area contributed by atoms with Gasteiger partial charge in [-0.2, -0.15) is 5.10 Å². The Labute approximate surface area is 127 Å². The SMILES string of the molecule is Cc1nn(C(C)C)c(C)c1CN(C)C(=O)CC1CCNC1. The van der Waals surface area contributed by atoms with Gasteiger partial charge >= 0.3 is 0 Å². The third-order valence-corrected chi connectivity index (χ3v) is 4.41. The van der Waals surface area contributed by atoms with Crippen molar-refractivity contribution in [1.82, 2.24) is 20.0 Å². The smallest absolute Gasteiger partial charge is 0.222 e. The fourth-order valence-electron chi connectivity index (χ4n) is 3.05. The Morgan fingerprint density at radius 2 is 2.19 bits per heavy atom. The predicted octanol–water partition coefficient (Wildman–Crippen LogP) is 2.04. The minimum atomic E-state index is 0.236. The van der Waals surface area contributed by atoms with E-state index >= 15 is 0 Å². The van der Waals surface area contributed by atoms with E-state index in [2.05, 4.69) is 31.2 Å². The van der Waals surface area contributed by atoms with Gasteiger partial charge in [0, 0.05) is 37.3 Å². The minimum Gasteiger partial charge on any atom is -0.341 e. The van der Waals surface area contributed by atoms with E-state index < -0.39 is 0 Å². The van der Waals surface area contributed by atoms with Crippen molar-refractivity contribution in [1.29, 1.82) is 0 Å². The predicted molar refractivity (Wildman–Crippen MR) is 84.2 cm³/mol. The Hall–Kier alpha value is -1.36. The molecule has 1 aromatic rings. The number of rotatable bonds is 5. The van der Waals surface area contributed by atoms with Gasteiger partial charge in [-0.3, -0.25) is 9.48 Å². The molecule has 0 aliphatic carbocycles. The van der Waals surface area contributed by atoms with Gasteiger partial charge in [-0.1, -0.05) is 0 Å². The van der Waals surface area contributed by atoms with Gasteiger partial charge in [0.05, 0.1) is 5.69 Å². The summed E-state index contributed by atoms with van der Waals surface area (Å²) < 4.78 is 2.05. The molecule has 1 aliphatic heterocycles. The van der Waals surface area contributed by atoms with Crippen LogP contribution in [-0.4, -0.2) is 40.7 Å². The van der Waals surface area contributed by atoms with Gasteiger partial charge in [0.15, 0.2) is 0 Å². The number of hydrogen-bond donors (Lipinski definition) is 1. The highest BCUT2D eigenvalue weighted by Crippen LogP contribution is 2.20. The lowest BCUT2D eigenvalue weighted by Gasteiger charge is -2.19. The molecule has 0 spiro atoms. The van der Waals surface area contributed by atoms with Gasteiger partial charge in [-0.25, -0.2) is 0 Å². The molecule has 0 radical (unpaired) electrons. The van der Waals surface area contributed by atoms with Crippen LogP contribution in [0.2, 0.25) is 0 Å². The molecule has 1 amide bonds. The largest absolute Gasteiger partial charge is 0.341 e. The maximum atomic E-state index is 12.3. The quantitative estimate of drug-likeness (QED) is 0.903. The normalized spacial score (nSPS) is 18.5. The van der Waals surface area contributed by atoms with Crippen molar-refractivity contribution >= 4 is 5.91 Å². The third kappa shape index (κ3) is 3.64.